The molecule has 2 heteroatoms. The molecule has 0 spiro atoms. The van der Waals surface area contributed by atoms with Gasteiger partial charge in [-0.15, -0.1) is 0 Å². The monoisotopic (exact) mass is 290 g/mol. The van der Waals surface area contributed by atoms with Gasteiger partial charge in [0.2, 0.25) is 0 Å². The zero-order chi connectivity index (χ0) is 15.5. The van der Waals surface area contributed by atoms with E-state index in [2.05, 4.69) is 6.07 Å². The van der Waals surface area contributed by atoms with Crippen molar-refractivity contribution < 1.29 is 10.2 Å². The van der Waals surface area contributed by atoms with E-state index >= 15 is 0 Å². The van der Waals surface area contributed by atoms with Crippen molar-refractivity contribution >= 4 is 10.8 Å². The van der Waals surface area contributed by atoms with Gasteiger partial charge in [-0.05, 0) is 41.3 Å². The molecule has 22 heavy (non-hydrogen) atoms. The van der Waals surface area contributed by atoms with Gasteiger partial charge < -0.3 is 10.2 Å². The average molecular weight is 290 g/mol. The highest BCUT2D eigenvalue weighted by Gasteiger charge is 2.50. The first-order chi connectivity index (χ1) is 10.4. The van der Waals surface area contributed by atoms with Gasteiger partial charge in [-0.2, -0.15) is 0 Å². The van der Waals surface area contributed by atoms with Gasteiger partial charge in [-0.25, -0.2) is 0 Å². The summed E-state index contributed by atoms with van der Waals surface area (Å²) in [7, 11) is 0. The molecule has 0 aliphatic heterocycles. The van der Waals surface area contributed by atoms with Crippen LogP contribution in [0.1, 0.15) is 25.0 Å². The molecule has 0 saturated heterocycles. The highest BCUT2D eigenvalue weighted by molar-refractivity contribution is 5.94. The Kier molecular flexibility index (Phi) is 2.57. The lowest BCUT2D eigenvalue weighted by Crippen LogP contribution is -2.47. The molecule has 0 radical (unpaired) electrons. The van der Waals surface area contributed by atoms with E-state index in [1.807, 2.05) is 54.6 Å². The molecule has 110 valence electrons. The lowest BCUT2D eigenvalue weighted by molar-refractivity contribution is -0.143. The lowest BCUT2D eigenvalue weighted by atomic mass is 9.66. The number of hydrogen-bond donors (Lipinski definition) is 2. The lowest BCUT2D eigenvalue weighted by Gasteiger charge is -2.45. The van der Waals surface area contributed by atoms with Gasteiger partial charge >= 0.3 is 0 Å². The fraction of sp³-hybridized carbons (Fsp3) is 0.200. The summed E-state index contributed by atoms with van der Waals surface area (Å²) in [5, 5.41) is 24.4. The van der Waals surface area contributed by atoms with Gasteiger partial charge in [0.15, 0.2) is 0 Å². The molecule has 0 saturated carbocycles. The van der Waals surface area contributed by atoms with Crippen LogP contribution in [0.4, 0.5) is 0 Å². The SMILES string of the molecule is CC1(O)c2ccccc2-c2ccc3ccccc3c2C1(C)O. The third-order valence-electron chi connectivity index (χ3n) is 5.11. The first-order valence-electron chi connectivity index (χ1n) is 7.51. The summed E-state index contributed by atoms with van der Waals surface area (Å²) < 4.78 is 0. The maximum Gasteiger partial charge on any atom is 0.121 e. The highest BCUT2D eigenvalue weighted by atomic mass is 16.4. The first-order valence-corrected chi connectivity index (χ1v) is 7.51. The van der Waals surface area contributed by atoms with Gasteiger partial charge in [0.25, 0.3) is 0 Å². The fourth-order valence-corrected chi connectivity index (χ4v) is 3.67. The van der Waals surface area contributed by atoms with Crippen molar-refractivity contribution in [3.8, 4) is 11.1 Å². The van der Waals surface area contributed by atoms with E-state index in [4.69, 9.17) is 0 Å². The van der Waals surface area contributed by atoms with Gasteiger partial charge in [-0.3, -0.25) is 0 Å². The minimum atomic E-state index is -1.36. The van der Waals surface area contributed by atoms with Gasteiger partial charge in [-0.1, -0.05) is 60.7 Å². The maximum absolute atomic E-state index is 11.2. The van der Waals surface area contributed by atoms with Crippen molar-refractivity contribution in [2.45, 2.75) is 25.0 Å². The molecule has 2 nitrogen and oxygen atoms in total. The minimum Gasteiger partial charge on any atom is -0.382 e. The van der Waals surface area contributed by atoms with Crippen LogP contribution in [0.15, 0.2) is 60.7 Å². The summed E-state index contributed by atoms with van der Waals surface area (Å²) in [6.45, 7) is 3.39. The number of fused-ring (bicyclic) bond motifs is 5. The second-order valence-corrected chi connectivity index (χ2v) is 6.40. The molecule has 1 aliphatic rings. The molecule has 1 aliphatic carbocycles. The summed E-state index contributed by atoms with van der Waals surface area (Å²) in [5.41, 5.74) is 0.834. The quantitative estimate of drug-likeness (QED) is 0.658. The van der Waals surface area contributed by atoms with E-state index in [-0.39, 0.29) is 0 Å². The predicted molar refractivity (Wildman–Crippen MR) is 88.5 cm³/mol. The summed E-state index contributed by atoms with van der Waals surface area (Å²) in [6.07, 6.45) is 0. The Morgan fingerprint density at radius 3 is 2.18 bits per heavy atom. The third-order valence-corrected chi connectivity index (χ3v) is 5.11. The summed E-state index contributed by atoms with van der Waals surface area (Å²) in [4.78, 5) is 0. The molecular weight excluding hydrogens is 272 g/mol. The Bertz CT molecular complexity index is 891. The molecule has 0 amide bonds. The zero-order valence-electron chi connectivity index (χ0n) is 12.7. The highest BCUT2D eigenvalue weighted by Crippen LogP contribution is 2.53. The van der Waals surface area contributed by atoms with Crippen LogP contribution in [-0.2, 0) is 11.2 Å². The predicted octanol–water partition coefficient (Wildman–Crippen LogP) is 3.94. The normalized spacial score (nSPS) is 26.5. The van der Waals surface area contributed by atoms with Crippen molar-refractivity contribution in [2.75, 3.05) is 0 Å². The van der Waals surface area contributed by atoms with Crippen LogP contribution in [0.25, 0.3) is 21.9 Å². The molecule has 2 unspecified atom stereocenters. The average Bonchev–Trinajstić information content (AvgIpc) is 2.52. The standard InChI is InChI=1S/C20H18O2/c1-19(21)17-10-6-5-9-15(17)16-12-11-13-7-3-4-8-14(13)18(16)20(19,2)22/h3-12,21-22H,1-2H3. The van der Waals surface area contributed by atoms with Crippen molar-refractivity contribution in [2.24, 2.45) is 0 Å². The molecule has 4 rings (SSSR count). The first kappa shape index (κ1) is 13.5. The molecule has 3 aromatic rings. The van der Waals surface area contributed by atoms with E-state index < -0.39 is 11.2 Å². The Labute approximate surface area is 129 Å². The van der Waals surface area contributed by atoms with E-state index in [0.29, 0.717) is 0 Å². The second kappa shape index (κ2) is 4.19. The number of rotatable bonds is 0. The van der Waals surface area contributed by atoms with Crippen LogP contribution < -0.4 is 0 Å². The Hall–Kier alpha value is -2.16. The van der Waals surface area contributed by atoms with Crippen LogP contribution in [-0.4, -0.2) is 10.2 Å². The van der Waals surface area contributed by atoms with Gasteiger partial charge in [0, 0.05) is 5.56 Å². The molecular formula is C20H18O2. The molecule has 0 heterocycles. The number of hydrogen-bond acceptors (Lipinski definition) is 2. The molecule has 0 fully saturated rings. The Morgan fingerprint density at radius 2 is 1.36 bits per heavy atom. The van der Waals surface area contributed by atoms with Crippen molar-refractivity contribution in [1.82, 2.24) is 0 Å². The number of benzene rings is 3. The van der Waals surface area contributed by atoms with Crippen molar-refractivity contribution in [3.63, 3.8) is 0 Å². The maximum atomic E-state index is 11.2. The van der Waals surface area contributed by atoms with Crippen LogP contribution in [0.5, 0.6) is 0 Å². The van der Waals surface area contributed by atoms with E-state index in [1.165, 1.54) is 0 Å². The molecule has 2 N–H and O–H groups in total. The summed E-state index contributed by atoms with van der Waals surface area (Å²) in [5.74, 6) is 0. The van der Waals surface area contributed by atoms with E-state index in [1.54, 1.807) is 13.8 Å². The minimum absolute atomic E-state index is 0.766. The topological polar surface area (TPSA) is 40.5 Å². The smallest absolute Gasteiger partial charge is 0.121 e. The fourth-order valence-electron chi connectivity index (χ4n) is 3.67. The molecule has 0 aromatic heterocycles. The van der Waals surface area contributed by atoms with Crippen molar-refractivity contribution in [3.05, 3.63) is 71.8 Å². The van der Waals surface area contributed by atoms with Crippen LogP contribution in [0.2, 0.25) is 0 Å². The summed E-state index contributed by atoms with van der Waals surface area (Å²) >= 11 is 0. The van der Waals surface area contributed by atoms with Crippen LogP contribution in [0, 0.1) is 0 Å². The van der Waals surface area contributed by atoms with Crippen molar-refractivity contribution in [1.29, 1.82) is 0 Å². The largest absolute Gasteiger partial charge is 0.382 e. The number of aliphatic hydroxyl groups is 2. The Balaban J connectivity index is 2.22. The van der Waals surface area contributed by atoms with E-state index in [0.717, 1.165) is 33.0 Å². The molecule has 3 aromatic carbocycles. The van der Waals surface area contributed by atoms with Gasteiger partial charge in [0.1, 0.15) is 11.2 Å². The molecule has 2 atom stereocenters. The zero-order valence-corrected chi connectivity index (χ0v) is 12.7. The second-order valence-electron chi connectivity index (χ2n) is 6.40. The molecule has 0 bridgehead atoms. The van der Waals surface area contributed by atoms with E-state index in [9.17, 15) is 10.2 Å². The Morgan fingerprint density at radius 1 is 0.682 bits per heavy atom. The van der Waals surface area contributed by atoms with Gasteiger partial charge in [0.05, 0.1) is 0 Å². The van der Waals surface area contributed by atoms with Crippen LogP contribution >= 0.6 is 0 Å². The third kappa shape index (κ3) is 1.51. The van der Waals surface area contributed by atoms with Crippen LogP contribution in [0.3, 0.4) is 0 Å². The summed E-state index contributed by atoms with van der Waals surface area (Å²) in [6, 6.07) is 19.9.